The average molecular weight is 207 g/mol. The van der Waals surface area contributed by atoms with E-state index in [1.807, 2.05) is 0 Å². The van der Waals surface area contributed by atoms with Crippen molar-refractivity contribution in [3.63, 3.8) is 0 Å². The Balaban J connectivity index is 2.77. The van der Waals surface area contributed by atoms with Crippen LogP contribution in [0.5, 0.6) is 0 Å². The monoisotopic (exact) mass is 207 g/mol. The molecule has 2 heteroatoms. The van der Waals surface area contributed by atoms with Crippen LogP contribution in [0.3, 0.4) is 0 Å². The van der Waals surface area contributed by atoms with Gasteiger partial charge in [-0.2, -0.15) is 0 Å². The van der Waals surface area contributed by atoms with Crippen molar-refractivity contribution >= 4 is 8.07 Å². The highest BCUT2D eigenvalue weighted by molar-refractivity contribution is 6.83. The number of rotatable bonds is 0. The smallest absolute Gasteiger partial charge is 0.129 e. The zero-order valence-electron chi connectivity index (χ0n) is 10.1. The summed E-state index contributed by atoms with van der Waals surface area (Å²) in [6.07, 6.45) is 1.14. The summed E-state index contributed by atoms with van der Waals surface area (Å²) in [5.41, 5.74) is 6.31. The maximum absolute atomic E-state index is 3.45. The third kappa shape index (κ3) is 3.69. The lowest BCUT2D eigenvalue weighted by Gasteiger charge is -2.23. The molecule has 0 aromatic carbocycles. The zero-order valence-corrected chi connectivity index (χ0v) is 11.1. The second kappa shape index (κ2) is 4.33. The molecule has 0 bridgehead atoms. The molecule has 0 amide bonds. The highest BCUT2D eigenvalue weighted by atomic mass is 28.3. The van der Waals surface area contributed by atoms with Gasteiger partial charge in [0.1, 0.15) is 8.07 Å². The summed E-state index contributed by atoms with van der Waals surface area (Å²) < 4.78 is 0. The topological polar surface area (TPSA) is 3.24 Å². The van der Waals surface area contributed by atoms with Gasteiger partial charge in [-0.25, -0.2) is 0 Å². The third-order valence-electron chi connectivity index (χ3n) is 2.35. The number of hydrogen-bond acceptors (Lipinski definition) is 1. The van der Waals surface area contributed by atoms with E-state index in [4.69, 9.17) is 0 Å². The van der Waals surface area contributed by atoms with Crippen LogP contribution in [-0.2, 0) is 0 Å². The summed E-state index contributed by atoms with van der Waals surface area (Å²) in [7, 11) is 0.976. The van der Waals surface area contributed by atoms with Crippen LogP contribution < -0.4 is 0 Å². The van der Waals surface area contributed by atoms with Gasteiger partial charge in [-0.15, -0.1) is 5.54 Å². The lowest BCUT2D eigenvalue weighted by molar-refractivity contribution is 0.351. The SMILES string of the molecule is CC1=C(C#C[Si](C)(C)C)CCN(C)C1. The summed E-state index contributed by atoms with van der Waals surface area (Å²) in [6, 6.07) is 0. The van der Waals surface area contributed by atoms with E-state index < -0.39 is 8.07 Å². The summed E-state index contributed by atoms with van der Waals surface area (Å²) in [4.78, 5) is 2.36. The van der Waals surface area contributed by atoms with E-state index >= 15 is 0 Å². The van der Waals surface area contributed by atoms with Crippen LogP contribution >= 0.6 is 0 Å². The van der Waals surface area contributed by atoms with Crippen LogP contribution in [0, 0.1) is 11.5 Å². The van der Waals surface area contributed by atoms with Gasteiger partial charge >= 0.3 is 0 Å². The first kappa shape index (κ1) is 11.6. The predicted octanol–water partition coefficient (Wildman–Crippen LogP) is 2.52. The molecule has 0 N–H and O–H groups in total. The lowest BCUT2D eigenvalue weighted by atomic mass is 10.0. The molecule has 0 spiro atoms. The van der Waals surface area contributed by atoms with E-state index in [0.29, 0.717) is 0 Å². The Labute approximate surface area is 89.2 Å². The summed E-state index contributed by atoms with van der Waals surface area (Å²) in [6.45, 7) is 11.4. The fourth-order valence-corrected chi connectivity index (χ4v) is 2.05. The Morgan fingerprint density at radius 2 is 1.93 bits per heavy atom. The first-order valence-corrected chi connectivity index (χ1v) is 8.79. The minimum absolute atomic E-state index is 1.09. The summed E-state index contributed by atoms with van der Waals surface area (Å²) in [5, 5.41) is 0. The van der Waals surface area contributed by atoms with Crippen molar-refractivity contribution in [1.82, 2.24) is 4.90 Å². The van der Waals surface area contributed by atoms with Crippen molar-refractivity contribution in [3.05, 3.63) is 11.1 Å². The molecule has 1 heterocycles. The third-order valence-corrected chi connectivity index (χ3v) is 3.23. The summed E-state index contributed by atoms with van der Waals surface area (Å²) in [5.74, 6) is 3.40. The van der Waals surface area contributed by atoms with Gasteiger partial charge in [0.2, 0.25) is 0 Å². The molecule has 0 unspecified atom stereocenters. The molecule has 0 fully saturated rings. The second-order valence-corrected chi connectivity index (χ2v) is 10.00. The molecule has 14 heavy (non-hydrogen) atoms. The Morgan fingerprint density at radius 1 is 1.29 bits per heavy atom. The molecule has 0 atom stereocenters. The molecule has 1 rings (SSSR count). The summed E-state index contributed by atoms with van der Waals surface area (Å²) >= 11 is 0. The van der Waals surface area contributed by atoms with E-state index in [2.05, 4.69) is 50.0 Å². The fraction of sp³-hybridized carbons (Fsp3) is 0.667. The minimum atomic E-state index is -1.20. The number of likely N-dealkylation sites (N-methyl/N-ethyl adjacent to an activating group) is 1. The quantitative estimate of drug-likeness (QED) is 0.436. The van der Waals surface area contributed by atoms with Gasteiger partial charge in [0, 0.05) is 18.7 Å². The van der Waals surface area contributed by atoms with E-state index in [1.165, 1.54) is 11.1 Å². The van der Waals surface area contributed by atoms with E-state index in [9.17, 15) is 0 Å². The Hall–Kier alpha value is -0.523. The van der Waals surface area contributed by atoms with Crippen LogP contribution in [0.4, 0.5) is 0 Å². The van der Waals surface area contributed by atoms with Crippen molar-refractivity contribution in [3.8, 4) is 11.5 Å². The Kier molecular flexibility index (Phi) is 3.57. The largest absolute Gasteiger partial charge is 0.302 e. The van der Waals surface area contributed by atoms with Gasteiger partial charge in [-0.3, -0.25) is 0 Å². The van der Waals surface area contributed by atoms with Crippen molar-refractivity contribution in [1.29, 1.82) is 0 Å². The highest BCUT2D eigenvalue weighted by Gasteiger charge is 2.12. The molecule has 0 aromatic heterocycles. The van der Waals surface area contributed by atoms with E-state index in [-0.39, 0.29) is 0 Å². The maximum atomic E-state index is 3.45. The molecule has 1 aliphatic rings. The Morgan fingerprint density at radius 3 is 2.43 bits per heavy atom. The molecular weight excluding hydrogens is 186 g/mol. The first-order valence-electron chi connectivity index (χ1n) is 5.29. The van der Waals surface area contributed by atoms with Crippen LogP contribution in [0.15, 0.2) is 11.1 Å². The van der Waals surface area contributed by atoms with Crippen LogP contribution in [-0.4, -0.2) is 33.1 Å². The number of nitrogens with zero attached hydrogens (tertiary/aromatic N) is 1. The first-order chi connectivity index (χ1) is 6.38. The van der Waals surface area contributed by atoms with Crippen molar-refractivity contribution < 1.29 is 0 Å². The van der Waals surface area contributed by atoms with Crippen LogP contribution in [0.1, 0.15) is 13.3 Å². The van der Waals surface area contributed by atoms with Crippen molar-refractivity contribution in [2.24, 2.45) is 0 Å². The molecule has 78 valence electrons. The van der Waals surface area contributed by atoms with Gasteiger partial charge in [0.05, 0.1) is 0 Å². The van der Waals surface area contributed by atoms with E-state index in [1.54, 1.807) is 0 Å². The molecule has 1 aliphatic heterocycles. The molecule has 1 nitrogen and oxygen atoms in total. The molecule has 0 radical (unpaired) electrons. The standard InChI is InChI=1S/C12H21NSi/c1-11-10-13(2)8-6-12(11)7-9-14(3,4)5/h6,8,10H2,1-5H3. The minimum Gasteiger partial charge on any atom is -0.302 e. The van der Waals surface area contributed by atoms with Gasteiger partial charge < -0.3 is 4.90 Å². The van der Waals surface area contributed by atoms with Crippen molar-refractivity contribution in [2.45, 2.75) is 33.0 Å². The van der Waals surface area contributed by atoms with Gasteiger partial charge in [0.15, 0.2) is 0 Å². The second-order valence-electron chi connectivity index (χ2n) is 5.25. The van der Waals surface area contributed by atoms with Gasteiger partial charge in [-0.1, -0.05) is 25.6 Å². The average Bonchev–Trinajstić information content (AvgIpc) is 2.00. The van der Waals surface area contributed by atoms with Gasteiger partial charge in [-0.05, 0) is 26.0 Å². The van der Waals surface area contributed by atoms with E-state index in [0.717, 1.165) is 19.5 Å². The molecule has 0 aromatic rings. The van der Waals surface area contributed by atoms with Crippen LogP contribution in [0.25, 0.3) is 0 Å². The van der Waals surface area contributed by atoms with Gasteiger partial charge in [0.25, 0.3) is 0 Å². The molecule has 0 saturated heterocycles. The Bertz CT molecular complexity index is 299. The van der Waals surface area contributed by atoms with Crippen LogP contribution in [0.2, 0.25) is 19.6 Å². The maximum Gasteiger partial charge on any atom is 0.129 e. The lowest BCUT2D eigenvalue weighted by Crippen LogP contribution is -2.27. The fourth-order valence-electron chi connectivity index (χ4n) is 1.53. The molecule has 0 saturated carbocycles. The molecular formula is C12H21NSi. The number of hydrogen-bond donors (Lipinski definition) is 0. The molecule has 0 aliphatic carbocycles. The predicted molar refractivity (Wildman–Crippen MR) is 65.9 cm³/mol. The normalized spacial score (nSPS) is 19.2. The van der Waals surface area contributed by atoms with Crippen molar-refractivity contribution in [2.75, 3.05) is 20.1 Å². The highest BCUT2D eigenvalue weighted by Crippen LogP contribution is 2.15. The zero-order chi connectivity index (χ0) is 10.8.